The van der Waals surface area contributed by atoms with Crippen molar-refractivity contribution < 1.29 is 9.50 Å². The van der Waals surface area contributed by atoms with Crippen LogP contribution < -0.4 is 4.90 Å². The fourth-order valence-electron chi connectivity index (χ4n) is 2.98. The van der Waals surface area contributed by atoms with Gasteiger partial charge in [0.2, 0.25) is 0 Å². The second-order valence-electron chi connectivity index (χ2n) is 5.55. The van der Waals surface area contributed by atoms with E-state index >= 15 is 0 Å². The molecule has 1 aromatic heterocycles. The van der Waals surface area contributed by atoms with Crippen LogP contribution in [0.4, 0.5) is 10.2 Å². The van der Waals surface area contributed by atoms with Gasteiger partial charge in [-0.3, -0.25) is 0 Å². The van der Waals surface area contributed by atoms with Gasteiger partial charge in [-0.15, -0.1) is 0 Å². The molecular weight excluding hydrogens is 281 g/mol. The predicted molar refractivity (Wildman–Crippen MR) is 80.8 cm³/mol. The summed E-state index contributed by atoms with van der Waals surface area (Å²) in [4.78, 5) is 6.22. The largest absolute Gasteiger partial charge is 0.391 e. The highest BCUT2D eigenvalue weighted by molar-refractivity contribution is 5.59. The lowest BCUT2D eigenvalue weighted by Gasteiger charge is -2.27. The van der Waals surface area contributed by atoms with E-state index in [1.54, 1.807) is 18.3 Å². The molecule has 0 spiro atoms. The van der Waals surface area contributed by atoms with E-state index in [9.17, 15) is 14.8 Å². The molecule has 1 aliphatic heterocycles. The Morgan fingerprint density at radius 3 is 2.95 bits per heavy atom. The Balaban J connectivity index is 2.06. The molecule has 2 atom stereocenters. The highest BCUT2D eigenvalue weighted by Gasteiger charge is 2.34. The van der Waals surface area contributed by atoms with Crippen LogP contribution in [0.5, 0.6) is 0 Å². The predicted octanol–water partition coefficient (Wildman–Crippen LogP) is 2.71. The molecule has 0 unspecified atom stereocenters. The summed E-state index contributed by atoms with van der Waals surface area (Å²) in [6.45, 7) is 2.24. The Bertz CT molecular complexity index is 741. The van der Waals surface area contributed by atoms with E-state index in [2.05, 4.69) is 11.1 Å². The van der Waals surface area contributed by atoms with E-state index in [0.29, 0.717) is 24.3 Å². The minimum absolute atomic E-state index is 0.188. The third kappa shape index (κ3) is 2.53. The molecular formula is C17H16FN3O. The van der Waals surface area contributed by atoms with Gasteiger partial charge in [0.25, 0.3) is 0 Å². The van der Waals surface area contributed by atoms with Crippen LogP contribution in [0.2, 0.25) is 0 Å². The normalized spacial score (nSPS) is 20.9. The number of aliphatic hydroxyl groups is 1. The summed E-state index contributed by atoms with van der Waals surface area (Å²) in [5.41, 5.74) is 2.12. The highest BCUT2D eigenvalue weighted by atomic mass is 19.1. The molecule has 2 heterocycles. The van der Waals surface area contributed by atoms with Crippen LogP contribution in [0.1, 0.15) is 29.2 Å². The zero-order valence-electron chi connectivity index (χ0n) is 12.2. The molecule has 0 radical (unpaired) electrons. The summed E-state index contributed by atoms with van der Waals surface area (Å²) < 4.78 is 13.5. The molecule has 3 rings (SSSR count). The zero-order valence-corrected chi connectivity index (χ0v) is 12.2. The Morgan fingerprint density at radius 1 is 1.41 bits per heavy atom. The van der Waals surface area contributed by atoms with Crippen molar-refractivity contribution in [2.75, 3.05) is 11.4 Å². The van der Waals surface area contributed by atoms with E-state index in [0.717, 1.165) is 11.1 Å². The molecule has 0 amide bonds. The monoisotopic (exact) mass is 297 g/mol. The quantitative estimate of drug-likeness (QED) is 0.926. The van der Waals surface area contributed by atoms with E-state index in [4.69, 9.17) is 0 Å². The topological polar surface area (TPSA) is 60.1 Å². The Morgan fingerprint density at radius 2 is 2.23 bits per heavy atom. The minimum atomic E-state index is -0.526. The molecule has 0 aliphatic carbocycles. The van der Waals surface area contributed by atoms with Crippen molar-refractivity contribution in [2.24, 2.45) is 0 Å². The van der Waals surface area contributed by atoms with E-state index in [1.807, 2.05) is 17.9 Å². The first-order valence-electron chi connectivity index (χ1n) is 7.16. The average molecular weight is 297 g/mol. The molecule has 5 heteroatoms. The molecule has 1 aromatic carbocycles. The number of nitrogens with zero attached hydrogens (tertiary/aromatic N) is 3. The summed E-state index contributed by atoms with van der Waals surface area (Å²) in [5.74, 6) is 0.241. The molecule has 22 heavy (non-hydrogen) atoms. The number of nitriles is 1. The lowest BCUT2D eigenvalue weighted by Crippen LogP contribution is -2.26. The van der Waals surface area contributed by atoms with Crippen molar-refractivity contribution in [2.45, 2.75) is 25.5 Å². The second kappa shape index (κ2) is 5.74. The number of aromatic nitrogens is 1. The summed E-state index contributed by atoms with van der Waals surface area (Å²) >= 11 is 0. The van der Waals surface area contributed by atoms with Crippen LogP contribution in [0, 0.1) is 24.1 Å². The van der Waals surface area contributed by atoms with Crippen LogP contribution in [-0.2, 0) is 0 Å². The molecule has 1 fully saturated rings. The molecule has 1 saturated heterocycles. The molecule has 1 N–H and O–H groups in total. The SMILES string of the molecule is Cc1ccnc(N2C[C@H](O)C[C@H]2c2cccc(F)c2)c1C#N. The molecule has 2 aromatic rings. The first-order valence-corrected chi connectivity index (χ1v) is 7.16. The summed E-state index contributed by atoms with van der Waals surface area (Å²) in [6, 6.07) is 10.1. The lowest BCUT2D eigenvalue weighted by atomic mass is 10.0. The lowest BCUT2D eigenvalue weighted by molar-refractivity contribution is 0.194. The van der Waals surface area contributed by atoms with Crippen molar-refractivity contribution in [1.29, 1.82) is 5.26 Å². The number of hydrogen-bond donors (Lipinski definition) is 1. The summed E-state index contributed by atoms with van der Waals surface area (Å²) in [6.07, 6.45) is 1.62. The Hall–Kier alpha value is -2.45. The average Bonchev–Trinajstić information content (AvgIpc) is 2.89. The van der Waals surface area contributed by atoms with Gasteiger partial charge in [0.05, 0.1) is 17.7 Å². The number of pyridine rings is 1. The molecule has 0 saturated carbocycles. The van der Waals surface area contributed by atoms with Crippen molar-refractivity contribution in [3.8, 4) is 6.07 Å². The number of benzene rings is 1. The van der Waals surface area contributed by atoms with Crippen LogP contribution in [0.25, 0.3) is 0 Å². The van der Waals surface area contributed by atoms with Gasteiger partial charge in [0.15, 0.2) is 0 Å². The van der Waals surface area contributed by atoms with Crippen LogP contribution in [0.15, 0.2) is 36.5 Å². The van der Waals surface area contributed by atoms with Gasteiger partial charge in [-0.05, 0) is 42.7 Å². The first-order chi connectivity index (χ1) is 10.6. The number of anilines is 1. The number of β-amino-alcohol motifs (C(OH)–C–C–N with tert-alkyl or cyclic N) is 1. The number of halogens is 1. The van der Waals surface area contributed by atoms with Crippen LogP contribution in [-0.4, -0.2) is 22.7 Å². The maximum atomic E-state index is 13.5. The first kappa shape index (κ1) is 14.5. The van der Waals surface area contributed by atoms with Crippen LogP contribution in [0.3, 0.4) is 0 Å². The van der Waals surface area contributed by atoms with Gasteiger partial charge in [0.1, 0.15) is 17.7 Å². The third-order valence-corrected chi connectivity index (χ3v) is 4.04. The number of aryl methyl sites for hydroxylation is 1. The number of hydrogen-bond acceptors (Lipinski definition) is 4. The number of aliphatic hydroxyl groups excluding tert-OH is 1. The van der Waals surface area contributed by atoms with E-state index in [-0.39, 0.29) is 11.9 Å². The van der Waals surface area contributed by atoms with Gasteiger partial charge in [-0.1, -0.05) is 12.1 Å². The van der Waals surface area contributed by atoms with Gasteiger partial charge >= 0.3 is 0 Å². The van der Waals surface area contributed by atoms with Crippen molar-refractivity contribution in [3.63, 3.8) is 0 Å². The highest BCUT2D eigenvalue weighted by Crippen LogP contribution is 2.37. The van der Waals surface area contributed by atoms with E-state index < -0.39 is 6.10 Å². The maximum Gasteiger partial charge on any atom is 0.147 e. The molecule has 1 aliphatic rings. The zero-order chi connectivity index (χ0) is 15.7. The van der Waals surface area contributed by atoms with Crippen molar-refractivity contribution >= 4 is 5.82 Å². The smallest absolute Gasteiger partial charge is 0.147 e. The van der Waals surface area contributed by atoms with Gasteiger partial charge < -0.3 is 10.0 Å². The van der Waals surface area contributed by atoms with Gasteiger partial charge in [0, 0.05) is 12.7 Å². The molecule has 0 bridgehead atoms. The Labute approximate surface area is 128 Å². The molecule has 112 valence electrons. The second-order valence-corrected chi connectivity index (χ2v) is 5.55. The number of rotatable bonds is 2. The van der Waals surface area contributed by atoms with E-state index in [1.165, 1.54) is 12.1 Å². The standard InChI is InChI=1S/C17H16FN3O/c1-11-5-6-20-17(15(11)9-19)21-10-14(22)8-16(21)12-3-2-4-13(18)7-12/h2-7,14,16,22H,8,10H2,1H3/t14-,16+/m1/s1. The molecule has 4 nitrogen and oxygen atoms in total. The fourth-order valence-corrected chi connectivity index (χ4v) is 2.98. The van der Waals surface area contributed by atoms with Gasteiger partial charge in [-0.25, -0.2) is 9.37 Å². The Kier molecular flexibility index (Phi) is 3.78. The van der Waals surface area contributed by atoms with Gasteiger partial charge in [-0.2, -0.15) is 5.26 Å². The fraction of sp³-hybridized carbons (Fsp3) is 0.294. The third-order valence-electron chi connectivity index (χ3n) is 4.04. The summed E-state index contributed by atoms with van der Waals surface area (Å²) in [7, 11) is 0. The maximum absolute atomic E-state index is 13.5. The minimum Gasteiger partial charge on any atom is -0.391 e. The summed E-state index contributed by atoms with van der Waals surface area (Å²) in [5, 5.41) is 19.4. The van der Waals surface area contributed by atoms with Crippen molar-refractivity contribution in [3.05, 3.63) is 59.0 Å². The van der Waals surface area contributed by atoms with Crippen molar-refractivity contribution in [1.82, 2.24) is 4.98 Å². The van der Waals surface area contributed by atoms with Crippen LogP contribution >= 0.6 is 0 Å².